The van der Waals surface area contributed by atoms with Crippen LogP contribution >= 0.6 is 15.9 Å². The zero-order chi connectivity index (χ0) is 10.3. The lowest BCUT2D eigenvalue weighted by Gasteiger charge is -2.10. The molecule has 0 fully saturated rings. The summed E-state index contributed by atoms with van der Waals surface area (Å²) in [4.78, 5) is 11.0. The van der Waals surface area contributed by atoms with Crippen molar-refractivity contribution < 1.29 is 9.53 Å². The summed E-state index contributed by atoms with van der Waals surface area (Å²) in [5.74, 6) is -0.321. The van der Waals surface area contributed by atoms with Crippen molar-refractivity contribution in [2.24, 2.45) is 0 Å². The van der Waals surface area contributed by atoms with Gasteiger partial charge >= 0.3 is 5.97 Å². The van der Waals surface area contributed by atoms with Gasteiger partial charge in [0.25, 0.3) is 0 Å². The third-order valence-electron chi connectivity index (χ3n) is 1.62. The van der Waals surface area contributed by atoms with Crippen molar-refractivity contribution >= 4 is 21.9 Å². The number of carbonyl (C=O) groups excluding carboxylic acids is 1. The second-order valence-corrected chi connectivity index (χ2v) is 4.11. The molecule has 0 aromatic carbocycles. The summed E-state index contributed by atoms with van der Waals surface area (Å²) in [5.41, 5.74) is 0.444. The quantitative estimate of drug-likeness (QED) is 0.312. The number of hydrogen-bond acceptors (Lipinski definition) is 2. The minimum absolute atomic E-state index is 0.164. The van der Waals surface area contributed by atoms with Crippen molar-refractivity contribution in [1.82, 2.24) is 0 Å². The van der Waals surface area contributed by atoms with Gasteiger partial charge in [0, 0.05) is 5.57 Å². The van der Waals surface area contributed by atoms with Crippen molar-refractivity contribution in [3.8, 4) is 0 Å². The molecule has 0 N–H and O–H groups in total. The minimum atomic E-state index is -0.321. The number of ether oxygens (including phenoxy) is 1. The molecular weight excluding hydrogens is 232 g/mol. The van der Waals surface area contributed by atoms with E-state index in [-0.39, 0.29) is 11.0 Å². The largest absolute Gasteiger partial charge is 0.447 e. The van der Waals surface area contributed by atoms with Crippen molar-refractivity contribution in [2.75, 3.05) is 0 Å². The van der Waals surface area contributed by atoms with Crippen LogP contribution in [0.2, 0.25) is 0 Å². The van der Waals surface area contributed by atoms with E-state index in [1.165, 1.54) is 12.8 Å². The number of unbranched alkanes of at least 4 members (excludes halogenated alkanes) is 2. The second kappa shape index (κ2) is 7.13. The Morgan fingerprint density at radius 1 is 1.54 bits per heavy atom. The maximum Gasteiger partial charge on any atom is 0.334 e. The normalized spacial score (nSPS) is 12.2. The predicted octanol–water partition coefficient (Wildman–Crippen LogP) is 3.41. The third kappa shape index (κ3) is 6.82. The molecule has 0 saturated heterocycles. The molecular formula is C10H17BrO2. The van der Waals surface area contributed by atoms with Gasteiger partial charge in [-0.3, -0.25) is 0 Å². The van der Waals surface area contributed by atoms with E-state index in [0.717, 1.165) is 12.8 Å². The zero-order valence-corrected chi connectivity index (χ0v) is 9.89. The van der Waals surface area contributed by atoms with E-state index in [2.05, 4.69) is 29.4 Å². The first kappa shape index (κ1) is 12.7. The molecule has 0 aliphatic carbocycles. The summed E-state index contributed by atoms with van der Waals surface area (Å²) in [6.07, 6.45) is 4.30. The van der Waals surface area contributed by atoms with E-state index in [4.69, 9.17) is 4.74 Å². The fourth-order valence-electron chi connectivity index (χ4n) is 0.830. The molecule has 0 heterocycles. The summed E-state index contributed by atoms with van der Waals surface area (Å²) >= 11 is 3.29. The highest BCUT2D eigenvalue weighted by Gasteiger charge is 2.10. The molecule has 1 unspecified atom stereocenters. The molecule has 0 aromatic rings. The fourth-order valence-corrected chi connectivity index (χ4v) is 1.32. The van der Waals surface area contributed by atoms with Gasteiger partial charge < -0.3 is 4.74 Å². The van der Waals surface area contributed by atoms with Crippen LogP contribution in [0.25, 0.3) is 0 Å². The predicted molar refractivity (Wildman–Crippen MR) is 57.8 cm³/mol. The van der Waals surface area contributed by atoms with Crippen LogP contribution in [0.5, 0.6) is 0 Å². The summed E-state index contributed by atoms with van der Waals surface area (Å²) in [5, 5.41) is -0.164. The molecule has 0 rings (SSSR count). The van der Waals surface area contributed by atoms with Gasteiger partial charge in [0.15, 0.2) is 5.01 Å². The van der Waals surface area contributed by atoms with Gasteiger partial charge in [-0.05, 0) is 35.7 Å². The van der Waals surface area contributed by atoms with Crippen molar-refractivity contribution in [3.63, 3.8) is 0 Å². The molecule has 1 atom stereocenters. The highest BCUT2D eigenvalue weighted by molar-refractivity contribution is 9.09. The van der Waals surface area contributed by atoms with Gasteiger partial charge in [-0.1, -0.05) is 26.3 Å². The number of hydrogen-bond donors (Lipinski definition) is 0. The molecule has 0 aliphatic rings. The van der Waals surface area contributed by atoms with E-state index in [0.29, 0.717) is 5.57 Å². The lowest BCUT2D eigenvalue weighted by atomic mass is 10.2. The highest BCUT2D eigenvalue weighted by atomic mass is 79.9. The molecule has 0 bridgehead atoms. The van der Waals surface area contributed by atoms with Crippen LogP contribution < -0.4 is 0 Å². The SMILES string of the molecule is C=C(C)C(=O)OC(Br)CCCCC. The summed E-state index contributed by atoms with van der Waals surface area (Å²) in [6.45, 7) is 7.30. The van der Waals surface area contributed by atoms with E-state index >= 15 is 0 Å². The van der Waals surface area contributed by atoms with Gasteiger partial charge in [-0.25, -0.2) is 4.79 Å². The lowest BCUT2D eigenvalue weighted by Crippen LogP contribution is -2.12. The lowest BCUT2D eigenvalue weighted by molar-refractivity contribution is -0.140. The van der Waals surface area contributed by atoms with Crippen LogP contribution in [0.15, 0.2) is 12.2 Å². The first-order chi connectivity index (χ1) is 6.07. The molecule has 13 heavy (non-hydrogen) atoms. The zero-order valence-electron chi connectivity index (χ0n) is 8.31. The minimum Gasteiger partial charge on any atom is -0.447 e. The molecule has 0 amide bonds. The van der Waals surface area contributed by atoms with Gasteiger partial charge in [-0.15, -0.1) is 0 Å². The monoisotopic (exact) mass is 248 g/mol. The van der Waals surface area contributed by atoms with Crippen LogP contribution in [0.1, 0.15) is 39.5 Å². The van der Waals surface area contributed by atoms with Crippen molar-refractivity contribution in [2.45, 2.75) is 44.5 Å². The van der Waals surface area contributed by atoms with Gasteiger partial charge in [0.1, 0.15) is 0 Å². The molecule has 0 saturated carbocycles. The Bertz CT molecular complexity index is 178. The molecule has 0 radical (unpaired) electrons. The standard InChI is InChI=1S/C10H17BrO2/c1-4-5-6-7-9(11)13-10(12)8(2)3/h9H,2,4-7H2,1,3H3. The van der Waals surface area contributed by atoms with E-state index in [1.54, 1.807) is 6.92 Å². The third-order valence-corrected chi connectivity index (χ3v) is 2.26. The molecule has 2 nitrogen and oxygen atoms in total. The van der Waals surface area contributed by atoms with Crippen LogP contribution in [0, 0.1) is 0 Å². The van der Waals surface area contributed by atoms with Crippen LogP contribution in [-0.2, 0) is 9.53 Å². The number of rotatable bonds is 6. The molecule has 76 valence electrons. The van der Waals surface area contributed by atoms with Crippen molar-refractivity contribution in [1.29, 1.82) is 0 Å². The first-order valence-electron chi connectivity index (χ1n) is 4.58. The summed E-state index contributed by atoms with van der Waals surface area (Å²) < 4.78 is 5.04. The number of alkyl halides is 1. The average molecular weight is 249 g/mol. The van der Waals surface area contributed by atoms with E-state index in [9.17, 15) is 4.79 Å². The Morgan fingerprint density at radius 2 is 2.15 bits per heavy atom. The topological polar surface area (TPSA) is 26.3 Å². The van der Waals surface area contributed by atoms with Crippen molar-refractivity contribution in [3.05, 3.63) is 12.2 Å². The first-order valence-corrected chi connectivity index (χ1v) is 5.50. The fraction of sp³-hybridized carbons (Fsp3) is 0.700. The second-order valence-electron chi connectivity index (χ2n) is 3.09. The average Bonchev–Trinajstić information content (AvgIpc) is 2.04. The van der Waals surface area contributed by atoms with Gasteiger partial charge in [0.2, 0.25) is 0 Å². The maximum absolute atomic E-state index is 11.0. The number of halogens is 1. The Balaban J connectivity index is 3.55. The summed E-state index contributed by atoms with van der Waals surface area (Å²) in [7, 11) is 0. The smallest absolute Gasteiger partial charge is 0.334 e. The molecule has 0 spiro atoms. The Labute approximate surface area is 88.5 Å². The van der Waals surface area contributed by atoms with E-state index in [1.807, 2.05) is 0 Å². The number of carbonyl (C=O) groups is 1. The highest BCUT2D eigenvalue weighted by Crippen LogP contribution is 2.13. The molecule has 3 heteroatoms. The Hall–Kier alpha value is -0.310. The van der Waals surface area contributed by atoms with Crippen LogP contribution in [0.4, 0.5) is 0 Å². The van der Waals surface area contributed by atoms with Crippen LogP contribution in [0.3, 0.4) is 0 Å². The van der Waals surface area contributed by atoms with E-state index < -0.39 is 0 Å². The molecule has 0 aromatic heterocycles. The van der Waals surface area contributed by atoms with Gasteiger partial charge in [-0.2, -0.15) is 0 Å². The van der Waals surface area contributed by atoms with Gasteiger partial charge in [0.05, 0.1) is 0 Å². The Kier molecular flexibility index (Phi) is 6.96. The Morgan fingerprint density at radius 3 is 2.62 bits per heavy atom. The number of esters is 1. The maximum atomic E-state index is 11.0. The van der Waals surface area contributed by atoms with Crippen LogP contribution in [-0.4, -0.2) is 11.0 Å². The summed E-state index contributed by atoms with van der Waals surface area (Å²) in [6, 6.07) is 0. The molecule has 0 aliphatic heterocycles.